The number of alkyl halides is 3. The molecular formula is C19H20F4N2O. The molecule has 140 valence electrons. The smallest absolute Gasteiger partial charge is 0.351 e. The van der Waals surface area contributed by atoms with Gasteiger partial charge in [0.2, 0.25) is 5.91 Å². The summed E-state index contributed by atoms with van der Waals surface area (Å²) in [6, 6.07) is 10.9. The van der Waals surface area contributed by atoms with E-state index in [4.69, 9.17) is 0 Å². The van der Waals surface area contributed by atoms with Crippen LogP contribution in [-0.2, 0) is 24.1 Å². The van der Waals surface area contributed by atoms with Crippen molar-refractivity contribution < 1.29 is 22.4 Å². The second-order valence-corrected chi connectivity index (χ2v) is 5.90. The number of carbonyl (C=O) groups excluding carboxylic acids is 1. The fraction of sp³-hybridized carbons (Fsp3) is 0.316. The second kappa shape index (κ2) is 8.80. The minimum absolute atomic E-state index is 0.0634. The lowest BCUT2D eigenvalue weighted by Gasteiger charge is -2.20. The van der Waals surface area contributed by atoms with Gasteiger partial charge in [-0.2, -0.15) is 13.2 Å². The molecule has 2 rings (SSSR count). The molecule has 0 fully saturated rings. The van der Waals surface area contributed by atoms with Crippen LogP contribution in [0.25, 0.3) is 0 Å². The summed E-state index contributed by atoms with van der Waals surface area (Å²) in [5, 5.41) is 2.72. The molecule has 0 spiro atoms. The zero-order chi connectivity index (χ0) is 19.2. The number of halogens is 4. The van der Waals surface area contributed by atoms with Crippen molar-refractivity contribution in [2.45, 2.75) is 26.2 Å². The van der Waals surface area contributed by atoms with Crippen LogP contribution in [0.1, 0.15) is 23.6 Å². The molecule has 0 saturated heterocycles. The van der Waals surface area contributed by atoms with E-state index in [2.05, 4.69) is 5.32 Å². The molecule has 0 aliphatic rings. The molecule has 0 bridgehead atoms. The van der Waals surface area contributed by atoms with E-state index >= 15 is 0 Å². The summed E-state index contributed by atoms with van der Waals surface area (Å²) in [7, 11) is 0. The normalized spacial score (nSPS) is 11.6. The topological polar surface area (TPSA) is 32.3 Å². The average molecular weight is 368 g/mol. The molecule has 2 aromatic rings. The van der Waals surface area contributed by atoms with Crippen molar-refractivity contribution in [3.63, 3.8) is 0 Å². The number of hydrogen-bond acceptors (Lipinski definition) is 2. The van der Waals surface area contributed by atoms with Crippen LogP contribution in [-0.4, -0.2) is 23.9 Å². The predicted octanol–water partition coefficient (Wildman–Crippen LogP) is 3.98. The van der Waals surface area contributed by atoms with Crippen molar-refractivity contribution >= 4 is 5.91 Å². The van der Waals surface area contributed by atoms with Gasteiger partial charge in [-0.15, -0.1) is 0 Å². The fourth-order valence-corrected chi connectivity index (χ4v) is 2.45. The molecule has 0 aliphatic heterocycles. The monoisotopic (exact) mass is 368 g/mol. The van der Waals surface area contributed by atoms with Crippen molar-refractivity contribution in [2.24, 2.45) is 0 Å². The molecule has 0 radical (unpaired) electrons. The van der Waals surface area contributed by atoms with E-state index in [1.807, 2.05) is 6.92 Å². The van der Waals surface area contributed by atoms with Gasteiger partial charge in [0.1, 0.15) is 5.82 Å². The Bertz CT molecular complexity index is 729. The Morgan fingerprint density at radius 1 is 1.08 bits per heavy atom. The molecule has 0 atom stereocenters. The lowest BCUT2D eigenvalue weighted by molar-refractivity contribution is -0.137. The number of amides is 1. The highest BCUT2D eigenvalue weighted by Crippen LogP contribution is 2.29. The third-order valence-corrected chi connectivity index (χ3v) is 3.88. The molecule has 1 amide bonds. The summed E-state index contributed by atoms with van der Waals surface area (Å²) < 4.78 is 51.2. The number of likely N-dealkylation sites (N-methyl/N-ethyl adjacent to an activating group) is 1. The van der Waals surface area contributed by atoms with E-state index in [9.17, 15) is 22.4 Å². The number of nitrogens with one attached hydrogen (secondary N) is 1. The molecule has 0 aromatic heterocycles. The Balaban J connectivity index is 1.90. The van der Waals surface area contributed by atoms with Gasteiger partial charge in [-0.05, 0) is 35.9 Å². The van der Waals surface area contributed by atoms with E-state index in [1.54, 1.807) is 23.1 Å². The van der Waals surface area contributed by atoms with Gasteiger partial charge < -0.3 is 5.32 Å². The summed E-state index contributed by atoms with van der Waals surface area (Å²) in [4.78, 5) is 13.8. The molecule has 26 heavy (non-hydrogen) atoms. The SMILES string of the molecule is CCN(CC(=O)NCc1ccc(F)cc1)Cc1cccc(C(F)(F)F)c1. The molecular weight excluding hydrogens is 348 g/mol. The molecule has 0 aliphatic carbocycles. The van der Waals surface area contributed by atoms with E-state index in [0.29, 0.717) is 12.1 Å². The van der Waals surface area contributed by atoms with Crippen LogP contribution in [0.4, 0.5) is 17.6 Å². The van der Waals surface area contributed by atoms with Crippen molar-refractivity contribution in [1.29, 1.82) is 0 Å². The summed E-state index contributed by atoms with van der Waals surface area (Å²) in [6.45, 7) is 2.92. The average Bonchev–Trinajstić information content (AvgIpc) is 2.60. The van der Waals surface area contributed by atoms with Gasteiger partial charge in [-0.3, -0.25) is 9.69 Å². The first-order valence-electron chi connectivity index (χ1n) is 8.17. The van der Waals surface area contributed by atoms with Gasteiger partial charge in [0.25, 0.3) is 0 Å². The Kier molecular flexibility index (Phi) is 6.74. The minimum Gasteiger partial charge on any atom is -0.351 e. The summed E-state index contributed by atoms with van der Waals surface area (Å²) in [5.74, 6) is -0.596. The van der Waals surface area contributed by atoms with Crippen LogP contribution in [0.15, 0.2) is 48.5 Å². The van der Waals surface area contributed by atoms with Crippen LogP contribution in [0.5, 0.6) is 0 Å². The van der Waals surface area contributed by atoms with E-state index in [1.165, 1.54) is 18.2 Å². The highest BCUT2D eigenvalue weighted by Gasteiger charge is 2.30. The molecule has 7 heteroatoms. The maximum absolute atomic E-state index is 12.8. The van der Waals surface area contributed by atoms with E-state index in [-0.39, 0.29) is 31.4 Å². The first kappa shape index (κ1) is 19.9. The van der Waals surface area contributed by atoms with Crippen LogP contribution in [0.2, 0.25) is 0 Å². The molecule has 2 aromatic carbocycles. The standard InChI is InChI=1S/C19H20F4N2O/c1-2-25(12-15-4-3-5-16(10-15)19(21,22)23)13-18(26)24-11-14-6-8-17(20)9-7-14/h3-10H,2,11-13H2,1H3,(H,24,26). The zero-order valence-corrected chi connectivity index (χ0v) is 14.3. The summed E-state index contributed by atoms with van der Waals surface area (Å²) >= 11 is 0. The van der Waals surface area contributed by atoms with E-state index in [0.717, 1.165) is 17.7 Å². The van der Waals surface area contributed by atoms with Crippen LogP contribution in [0, 0.1) is 5.82 Å². The lowest BCUT2D eigenvalue weighted by atomic mass is 10.1. The van der Waals surface area contributed by atoms with Gasteiger partial charge in [-0.1, -0.05) is 37.3 Å². The predicted molar refractivity (Wildman–Crippen MR) is 90.6 cm³/mol. The van der Waals surface area contributed by atoms with Gasteiger partial charge in [0.15, 0.2) is 0 Å². The Hall–Kier alpha value is -2.41. The van der Waals surface area contributed by atoms with Crippen molar-refractivity contribution in [1.82, 2.24) is 10.2 Å². The second-order valence-electron chi connectivity index (χ2n) is 5.90. The Labute approximate surface area is 149 Å². The maximum atomic E-state index is 12.8. The van der Waals surface area contributed by atoms with Gasteiger partial charge in [-0.25, -0.2) is 4.39 Å². The number of rotatable bonds is 7. The first-order valence-corrected chi connectivity index (χ1v) is 8.17. The number of hydrogen-bond donors (Lipinski definition) is 1. The van der Waals surface area contributed by atoms with Gasteiger partial charge >= 0.3 is 6.18 Å². The molecule has 0 saturated carbocycles. The van der Waals surface area contributed by atoms with Gasteiger partial charge in [0.05, 0.1) is 12.1 Å². The zero-order valence-electron chi connectivity index (χ0n) is 14.3. The summed E-state index contributed by atoms with van der Waals surface area (Å²) in [5.41, 5.74) is 0.556. The van der Waals surface area contributed by atoms with Crippen molar-refractivity contribution in [3.05, 3.63) is 71.0 Å². The number of benzene rings is 2. The highest BCUT2D eigenvalue weighted by atomic mass is 19.4. The molecule has 0 heterocycles. The number of carbonyl (C=O) groups is 1. The third kappa shape index (κ3) is 6.15. The molecule has 0 unspecified atom stereocenters. The lowest BCUT2D eigenvalue weighted by Crippen LogP contribution is -2.36. The quantitative estimate of drug-likeness (QED) is 0.750. The largest absolute Gasteiger partial charge is 0.416 e. The van der Waals surface area contributed by atoms with Crippen molar-refractivity contribution in [3.8, 4) is 0 Å². The van der Waals surface area contributed by atoms with E-state index < -0.39 is 11.7 Å². The Morgan fingerprint density at radius 2 is 1.77 bits per heavy atom. The maximum Gasteiger partial charge on any atom is 0.416 e. The first-order chi connectivity index (χ1) is 12.3. The fourth-order valence-electron chi connectivity index (χ4n) is 2.45. The van der Waals surface area contributed by atoms with Crippen molar-refractivity contribution in [2.75, 3.05) is 13.1 Å². The van der Waals surface area contributed by atoms with Crippen LogP contribution < -0.4 is 5.32 Å². The minimum atomic E-state index is -4.39. The molecule has 3 nitrogen and oxygen atoms in total. The van der Waals surface area contributed by atoms with Crippen LogP contribution >= 0.6 is 0 Å². The number of nitrogens with zero attached hydrogens (tertiary/aromatic N) is 1. The molecule has 1 N–H and O–H groups in total. The van der Waals surface area contributed by atoms with Gasteiger partial charge in [0, 0.05) is 13.1 Å². The summed E-state index contributed by atoms with van der Waals surface area (Å²) in [6.07, 6.45) is -4.39. The Morgan fingerprint density at radius 3 is 2.38 bits per heavy atom. The van der Waals surface area contributed by atoms with Crippen LogP contribution in [0.3, 0.4) is 0 Å². The highest BCUT2D eigenvalue weighted by molar-refractivity contribution is 5.78. The third-order valence-electron chi connectivity index (χ3n) is 3.88.